The number of nitrogens with one attached hydrogen (secondary N) is 1. The van der Waals surface area contributed by atoms with Gasteiger partial charge < -0.3 is 14.6 Å². The fraction of sp³-hybridized carbons (Fsp3) is 0.263. The summed E-state index contributed by atoms with van der Waals surface area (Å²) >= 11 is 0. The summed E-state index contributed by atoms with van der Waals surface area (Å²) in [7, 11) is 1.57. The van der Waals surface area contributed by atoms with Crippen LogP contribution in [0.3, 0.4) is 0 Å². The van der Waals surface area contributed by atoms with Crippen molar-refractivity contribution in [2.24, 2.45) is 0 Å². The summed E-state index contributed by atoms with van der Waals surface area (Å²) < 4.78 is 5.20. The van der Waals surface area contributed by atoms with Crippen LogP contribution in [0.1, 0.15) is 23.8 Å². The molecule has 8 heteroatoms. The van der Waals surface area contributed by atoms with E-state index in [1.165, 1.54) is 11.2 Å². The maximum Gasteiger partial charge on any atom is 0.325 e. The molecule has 1 unspecified atom stereocenters. The SMILES string of the molecule is CN(Cc1ccco1)C(=O)CN1C(=O)NC(C)(c2ccc(C#N)cc2)C1=O. The highest BCUT2D eigenvalue weighted by Crippen LogP contribution is 2.29. The zero-order valence-corrected chi connectivity index (χ0v) is 14.9. The topological polar surface area (TPSA) is 107 Å². The number of likely N-dealkylation sites (N-methyl/N-ethyl adjacent to an activating group) is 1. The van der Waals surface area contributed by atoms with Crippen molar-refractivity contribution in [3.05, 3.63) is 59.5 Å². The number of amides is 4. The fourth-order valence-corrected chi connectivity index (χ4v) is 2.89. The summed E-state index contributed by atoms with van der Waals surface area (Å²) in [6.45, 7) is 1.45. The second-order valence-electron chi connectivity index (χ2n) is 6.46. The summed E-state index contributed by atoms with van der Waals surface area (Å²) in [5.41, 5.74) is -0.297. The van der Waals surface area contributed by atoms with E-state index in [4.69, 9.17) is 9.68 Å². The van der Waals surface area contributed by atoms with E-state index in [0.717, 1.165) is 4.90 Å². The van der Waals surface area contributed by atoms with Gasteiger partial charge in [0, 0.05) is 7.05 Å². The zero-order valence-electron chi connectivity index (χ0n) is 14.9. The minimum Gasteiger partial charge on any atom is -0.467 e. The molecule has 2 aromatic rings. The number of urea groups is 1. The first-order chi connectivity index (χ1) is 12.8. The number of nitriles is 1. The molecule has 1 aliphatic heterocycles. The predicted octanol–water partition coefficient (Wildman–Crippen LogP) is 1.58. The first kappa shape index (κ1) is 18.2. The first-order valence-electron chi connectivity index (χ1n) is 8.26. The van der Waals surface area contributed by atoms with Gasteiger partial charge in [-0.2, -0.15) is 5.26 Å². The second kappa shape index (κ2) is 6.96. The number of carbonyl (C=O) groups is 3. The lowest BCUT2D eigenvalue weighted by Gasteiger charge is -2.23. The number of hydrogen-bond acceptors (Lipinski definition) is 5. The van der Waals surface area contributed by atoms with E-state index >= 15 is 0 Å². The number of nitrogens with zero attached hydrogens (tertiary/aromatic N) is 3. The van der Waals surface area contributed by atoms with Crippen LogP contribution < -0.4 is 5.32 Å². The highest BCUT2D eigenvalue weighted by atomic mass is 16.3. The Balaban J connectivity index is 1.73. The zero-order chi connectivity index (χ0) is 19.6. The van der Waals surface area contributed by atoms with Crippen LogP contribution in [0.15, 0.2) is 47.1 Å². The van der Waals surface area contributed by atoms with Gasteiger partial charge in [0.2, 0.25) is 5.91 Å². The highest BCUT2D eigenvalue weighted by molar-refractivity contribution is 6.09. The van der Waals surface area contributed by atoms with Crippen molar-refractivity contribution in [2.45, 2.75) is 19.0 Å². The molecular formula is C19H18N4O4. The molecule has 1 aromatic heterocycles. The molecule has 0 bridgehead atoms. The third-order valence-corrected chi connectivity index (χ3v) is 4.56. The third kappa shape index (κ3) is 3.40. The lowest BCUT2D eigenvalue weighted by molar-refractivity contribution is -0.138. The van der Waals surface area contributed by atoms with Crippen LogP contribution in [0.4, 0.5) is 4.79 Å². The van der Waals surface area contributed by atoms with E-state index in [9.17, 15) is 14.4 Å². The molecule has 4 amide bonds. The average Bonchev–Trinajstić information content (AvgIpc) is 3.24. The van der Waals surface area contributed by atoms with Gasteiger partial charge in [-0.15, -0.1) is 0 Å². The van der Waals surface area contributed by atoms with Crippen LogP contribution in [0.25, 0.3) is 0 Å². The molecule has 1 aromatic carbocycles. The summed E-state index contributed by atoms with van der Waals surface area (Å²) in [4.78, 5) is 39.9. The Morgan fingerprint density at radius 3 is 2.59 bits per heavy atom. The monoisotopic (exact) mass is 366 g/mol. The molecule has 138 valence electrons. The van der Waals surface area contributed by atoms with E-state index in [1.54, 1.807) is 50.4 Å². The predicted molar refractivity (Wildman–Crippen MR) is 93.9 cm³/mol. The average molecular weight is 366 g/mol. The second-order valence-corrected chi connectivity index (χ2v) is 6.46. The van der Waals surface area contributed by atoms with Crippen molar-refractivity contribution in [3.63, 3.8) is 0 Å². The summed E-state index contributed by atoms with van der Waals surface area (Å²) in [6.07, 6.45) is 1.51. The number of hydrogen-bond donors (Lipinski definition) is 1. The van der Waals surface area contributed by atoms with Gasteiger partial charge >= 0.3 is 6.03 Å². The molecule has 27 heavy (non-hydrogen) atoms. The van der Waals surface area contributed by atoms with Crippen molar-refractivity contribution in [2.75, 3.05) is 13.6 Å². The normalized spacial score (nSPS) is 18.9. The Morgan fingerprint density at radius 2 is 2.00 bits per heavy atom. The molecule has 0 radical (unpaired) electrons. The summed E-state index contributed by atoms with van der Waals surface area (Å²) in [5.74, 6) is -0.304. The molecule has 8 nitrogen and oxygen atoms in total. The number of carbonyl (C=O) groups excluding carboxylic acids is 3. The highest BCUT2D eigenvalue weighted by Gasteiger charge is 2.49. The Labute approximate surface area is 156 Å². The maximum atomic E-state index is 12.9. The minimum absolute atomic E-state index is 0.238. The minimum atomic E-state index is -1.29. The molecule has 0 aliphatic carbocycles. The van der Waals surface area contributed by atoms with Crippen molar-refractivity contribution >= 4 is 17.8 Å². The summed E-state index contributed by atoms with van der Waals surface area (Å²) in [6, 6.07) is 11.2. The van der Waals surface area contributed by atoms with Gasteiger partial charge in [0.25, 0.3) is 5.91 Å². The van der Waals surface area contributed by atoms with Crippen LogP contribution in [-0.4, -0.2) is 41.2 Å². The lowest BCUT2D eigenvalue weighted by Crippen LogP contribution is -2.43. The molecule has 1 saturated heterocycles. The Hall–Kier alpha value is -3.60. The van der Waals surface area contributed by atoms with Gasteiger partial charge in [-0.1, -0.05) is 12.1 Å². The quantitative estimate of drug-likeness (QED) is 0.809. The van der Waals surface area contributed by atoms with E-state index in [1.807, 2.05) is 6.07 Å². The molecule has 3 rings (SSSR count). The molecule has 1 fully saturated rings. The van der Waals surface area contributed by atoms with Crippen LogP contribution in [0, 0.1) is 11.3 Å². The van der Waals surface area contributed by atoms with Crippen molar-refractivity contribution in [3.8, 4) is 6.07 Å². The fourth-order valence-electron chi connectivity index (χ4n) is 2.89. The van der Waals surface area contributed by atoms with Crippen LogP contribution in [0.2, 0.25) is 0 Å². The molecule has 1 aliphatic rings. The van der Waals surface area contributed by atoms with E-state index in [0.29, 0.717) is 16.9 Å². The van der Waals surface area contributed by atoms with Gasteiger partial charge in [0.15, 0.2) is 0 Å². The number of benzene rings is 1. The lowest BCUT2D eigenvalue weighted by atomic mass is 9.91. The Kier molecular flexibility index (Phi) is 4.69. The molecule has 0 spiro atoms. The smallest absolute Gasteiger partial charge is 0.325 e. The Bertz CT molecular complexity index is 914. The number of imide groups is 1. The molecule has 2 heterocycles. The van der Waals surface area contributed by atoms with Crippen molar-refractivity contribution in [1.82, 2.24) is 15.1 Å². The van der Waals surface area contributed by atoms with Crippen molar-refractivity contribution < 1.29 is 18.8 Å². The largest absolute Gasteiger partial charge is 0.467 e. The van der Waals surface area contributed by atoms with Gasteiger partial charge in [-0.25, -0.2) is 4.79 Å². The van der Waals surface area contributed by atoms with E-state index in [2.05, 4.69) is 5.32 Å². The van der Waals surface area contributed by atoms with Gasteiger partial charge in [-0.05, 0) is 36.8 Å². The number of rotatable bonds is 5. The van der Waals surface area contributed by atoms with Crippen LogP contribution in [0.5, 0.6) is 0 Å². The van der Waals surface area contributed by atoms with Gasteiger partial charge in [-0.3, -0.25) is 14.5 Å². The summed E-state index contributed by atoms with van der Waals surface area (Å²) in [5, 5.41) is 11.5. The number of furan rings is 1. The standard InChI is InChI=1S/C19H18N4O4/c1-19(14-7-5-13(10-20)6-8-14)17(25)23(18(26)21-19)12-16(24)22(2)11-15-4-3-9-27-15/h3-9H,11-12H2,1-2H3,(H,21,26). The molecule has 1 N–H and O–H groups in total. The maximum absolute atomic E-state index is 12.9. The first-order valence-corrected chi connectivity index (χ1v) is 8.26. The molecular weight excluding hydrogens is 348 g/mol. The third-order valence-electron chi connectivity index (χ3n) is 4.56. The van der Waals surface area contributed by atoms with Gasteiger partial charge in [0.05, 0.1) is 24.4 Å². The Morgan fingerprint density at radius 1 is 1.30 bits per heavy atom. The molecule has 0 saturated carbocycles. The van der Waals surface area contributed by atoms with E-state index in [-0.39, 0.29) is 19.0 Å². The van der Waals surface area contributed by atoms with Gasteiger partial charge in [0.1, 0.15) is 17.8 Å². The molecule has 1 atom stereocenters. The van der Waals surface area contributed by atoms with Crippen molar-refractivity contribution in [1.29, 1.82) is 5.26 Å². The van der Waals surface area contributed by atoms with Crippen LogP contribution >= 0.6 is 0 Å². The van der Waals surface area contributed by atoms with Crippen LogP contribution in [-0.2, 0) is 21.7 Å². The van der Waals surface area contributed by atoms with E-state index < -0.39 is 17.5 Å².